The average molecular weight is 116 g/mol. The largest absolute Gasteiger partial charge is 0.291 e. The molecule has 0 amide bonds. The van der Waals surface area contributed by atoms with Crippen LogP contribution >= 0.6 is 0 Å². The van der Waals surface area contributed by atoms with Gasteiger partial charge < -0.3 is 0 Å². The van der Waals surface area contributed by atoms with Gasteiger partial charge in [0, 0.05) is 6.42 Å². The lowest BCUT2D eigenvalue weighted by Gasteiger charge is -1.85. The molecule has 1 fully saturated rings. The van der Waals surface area contributed by atoms with Crippen molar-refractivity contribution in [2.45, 2.75) is 19.0 Å². The van der Waals surface area contributed by atoms with Gasteiger partial charge in [-0.05, 0) is 6.42 Å². The van der Waals surface area contributed by atoms with E-state index in [0.29, 0.717) is 0 Å². The van der Waals surface area contributed by atoms with Crippen molar-refractivity contribution >= 4 is 11.6 Å². The summed E-state index contributed by atoms with van der Waals surface area (Å²) in [7, 11) is 0. The second-order valence-electron chi connectivity index (χ2n) is 1.79. The zero-order valence-corrected chi connectivity index (χ0v) is 4.19. The van der Waals surface area contributed by atoms with Gasteiger partial charge in [-0.15, -0.1) is 0 Å². The fourth-order valence-electron chi connectivity index (χ4n) is 0.687. The van der Waals surface area contributed by atoms with Gasteiger partial charge in [0.25, 0.3) is 0 Å². The summed E-state index contributed by atoms with van der Waals surface area (Å²) in [5, 5.41) is 0. The van der Waals surface area contributed by atoms with Crippen LogP contribution in [-0.4, -0.2) is 17.7 Å². The first kappa shape index (κ1) is 5.41. The monoisotopic (exact) mass is 116 g/mol. The molecule has 3 heteroatoms. The van der Waals surface area contributed by atoms with Gasteiger partial charge in [-0.25, -0.2) is 4.39 Å². The molecule has 0 spiro atoms. The van der Waals surface area contributed by atoms with Crippen LogP contribution in [0.15, 0.2) is 0 Å². The second-order valence-corrected chi connectivity index (χ2v) is 1.79. The number of rotatable bonds is 0. The van der Waals surface area contributed by atoms with Gasteiger partial charge in [0.1, 0.15) is 0 Å². The van der Waals surface area contributed by atoms with E-state index in [-0.39, 0.29) is 12.8 Å². The summed E-state index contributed by atoms with van der Waals surface area (Å²) in [6, 6.07) is 0. The van der Waals surface area contributed by atoms with Gasteiger partial charge in [0.15, 0.2) is 6.17 Å². The highest BCUT2D eigenvalue weighted by Gasteiger charge is 2.31. The molecule has 1 saturated carbocycles. The Morgan fingerprint density at radius 2 is 2.12 bits per heavy atom. The second kappa shape index (κ2) is 1.65. The van der Waals surface area contributed by atoms with Gasteiger partial charge in [-0.3, -0.25) is 9.59 Å². The fraction of sp³-hybridized carbons (Fsp3) is 0.600. The van der Waals surface area contributed by atoms with Crippen LogP contribution < -0.4 is 0 Å². The molecule has 0 radical (unpaired) electrons. The number of halogens is 1. The molecule has 0 aromatic heterocycles. The zero-order valence-electron chi connectivity index (χ0n) is 4.19. The Labute approximate surface area is 45.7 Å². The summed E-state index contributed by atoms with van der Waals surface area (Å²) in [6.45, 7) is 0. The molecule has 0 saturated heterocycles. The van der Waals surface area contributed by atoms with Crippen molar-refractivity contribution in [3.63, 3.8) is 0 Å². The maximum Gasteiger partial charge on any atom is 0.232 e. The average Bonchev–Trinajstić information content (AvgIpc) is 1.98. The van der Waals surface area contributed by atoms with Gasteiger partial charge in [0.05, 0.1) is 0 Å². The van der Waals surface area contributed by atoms with Gasteiger partial charge in [-0.2, -0.15) is 0 Å². The van der Waals surface area contributed by atoms with E-state index in [1.807, 2.05) is 0 Å². The first-order valence-corrected chi connectivity index (χ1v) is 2.43. The first-order chi connectivity index (χ1) is 3.72. The van der Waals surface area contributed by atoms with Crippen LogP contribution in [0.1, 0.15) is 12.8 Å². The molecule has 1 aliphatic carbocycles. The molecular formula is C5H5FO2. The van der Waals surface area contributed by atoms with E-state index in [1.54, 1.807) is 0 Å². The summed E-state index contributed by atoms with van der Waals surface area (Å²) in [5.41, 5.74) is 0. The van der Waals surface area contributed by atoms with Crippen molar-refractivity contribution in [2.75, 3.05) is 0 Å². The van der Waals surface area contributed by atoms with E-state index >= 15 is 0 Å². The van der Waals surface area contributed by atoms with Crippen LogP contribution in [0.5, 0.6) is 0 Å². The van der Waals surface area contributed by atoms with Crippen LogP contribution in [0.4, 0.5) is 4.39 Å². The Balaban J connectivity index is 2.71. The predicted octanol–water partition coefficient (Wildman–Crippen LogP) is 0.257. The van der Waals surface area contributed by atoms with Crippen LogP contribution in [0.2, 0.25) is 0 Å². The fourth-order valence-corrected chi connectivity index (χ4v) is 0.687. The Hall–Kier alpha value is -0.730. The normalized spacial score (nSPS) is 29.4. The Morgan fingerprint density at radius 3 is 2.25 bits per heavy atom. The Morgan fingerprint density at radius 1 is 1.50 bits per heavy atom. The Kier molecular flexibility index (Phi) is 1.12. The highest BCUT2D eigenvalue weighted by molar-refractivity contribution is 6.40. The SMILES string of the molecule is O=C1CCC(F)C1=O. The van der Waals surface area contributed by atoms with Crippen molar-refractivity contribution in [1.82, 2.24) is 0 Å². The molecule has 1 rings (SSSR count). The third-order valence-corrected chi connectivity index (χ3v) is 1.18. The van der Waals surface area contributed by atoms with Gasteiger partial charge in [-0.1, -0.05) is 0 Å². The molecule has 8 heavy (non-hydrogen) atoms. The number of alkyl halides is 1. The molecule has 1 unspecified atom stereocenters. The summed E-state index contributed by atoms with van der Waals surface area (Å²) < 4.78 is 12.0. The van der Waals surface area contributed by atoms with Crippen molar-refractivity contribution in [3.05, 3.63) is 0 Å². The molecule has 1 atom stereocenters. The third-order valence-electron chi connectivity index (χ3n) is 1.18. The smallest absolute Gasteiger partial charge is 0.232 e. The molecule has 0 aliphatic heterocycles. The molecule has 2 nitrogen and oxygen atoms in total. The van der Waals surface area contributed by atoms with Gasteiger partial charge >= 0.3 is 0 Å². The number of carbonyl (C=O) groups is 2. The number of ketones is 2. The van der Waals surface area contributed by atoms with E-state index < -0.39 is 17.7 Å². The third kappa shape index (κ3) is 0.638. The van der Waals surface area contributed by atoms with Crippen LogP contribution in [0.25, 0.3) is 0 Å². The zero-order chi connectivity index (χ0) is 6.15. The molecule has 0 aromatic carbocycles. The number of Topliss-reactive ketones (excluding diaryl/α,β-unsaturated/α-hetero) is 2. The molecule has 44 valence electrons. The molecule has 0 aromatic rings. The van der Waals surface area contributed by atoms with E-state index in [4.69, 9.17) is 0 Å². The summed E-state index contributed by atoms with van der Waals surface area (Å²) >= 11 is 0. The lowest BCUT2D eigenvalue weighted by Crippen LogP contribution is -2.13. The summed E-state index contributed by atoms with van der Waals surface area (Å²) in [5.74, 6) is -1.40. The van der Waals surface area contributed by atoms with Crippen LogP contribution in [0, 0.1) is 0 Å². The van der Waals surface area contributed by atoms with Crippen LogP contribution in [0.3, 0.4) is 0 Å². The van der Waals surface area contributed by atoms with E-state index in [1.165, 1.54) is 0 Å². The standard InChI is InChI=1S/C5H5FO2/c6-3-1-2-4(7)5(3)8/h3H,1-2H2. The van der Waals surface area contributed by atoms with Crippen LogP contribution in [-0.2, 0) is 9.59 Å². The quantitative estimate of drug-likeness (QED) is 0.425. The maximum atomic E-state index is 12.0. The Bertz CT molecular complexity index is 141. The van der Waals surface area contributed by atoms with E-state index in [9.17, 15) is 14.0 Å². The highest BCUT2D eigenvalue weighted by Crippen LogP contribution is 2.13. The lowest BCUT2D eigenvalue weighted by molar-refractivity contribution is -0.136. The predicted molar refractivity (Wildman–Crippen MR) is 24.1 cm³/mol. The number of hydrogen-bond acceptors (Lipinski definition) is 2. The van der Waals surface area contributed by atoms with E-state index in [0.717, 1.165) is 0 Å². The van der Waals surface area contributed by atoms with E-state index in [2.05, 4.69) is 0 Å². The molecule has 0 heterocycles. The van der Waals surface area contributed by atoms with Crippen molar-refractivity contribution < 1.29 is 14.0 Å². The maximum absolute atomic E-state index is 12.0. The molecule has 1 aliphatic rings. The minimum absolute atomic E-state index is 0.0949. The van der Waals surface area contributed by atoms with Crippen molar-refractivity contribution in [3.8, 4) is 0 Å². The van der Waals surface area contributed by atoms with Gasteiger partial charge in [0.2, 0.25) is 11.6 Å². The molecule has 0 bridgehead atoms. The number of carbonyl (C=O) groups excluding carboxylic acids is 2. The summed E-state index contributed by atoms with van der Waals surface area (Å²) in [6.07, 6.45) is -1.31. The molecule has 0 N–H and O–H groups in total. The van der Waals surface area contributed by atoms with Crippen molar-refractivity contribution in [2.24, 2.45) is 0 Å². The first-order valence-electron chi connectivity index (χ1n) is 2.43. The lowest BCUT2D eigenvalue weighted by atomic mass is 10.3. The highest BCUT2D eigenvalue weighted by atomic mass is 19.1. The minimum atomic E-state index is -1.50. The summed E-state index contributed by atoms with van der Waals surface area (Å²) in [4.78, 5) is 20.4. The number of hydrogen-bond donors (Lipinski definition) is 0. The molecular weight excluding hydrogens is 111 g/mol. The topological polar surface area (TPSA) is 34.1 Å². The minimum Gasteiger partial charge on any atom is -0.291 e. The van der Waals surface area contributed by atoms with Crippen molar-refractivity contribution in [1.29, 1.82) is 0 Å².